The van der Waals surface area contributed by atoms with Gasteiger partial charge in [-0.25, -0.2) is 4.79 Å². The zero-order chi connectivity index (χ0) is 19.3. The molecule has 1 fully saturated rings. The number of piperidine rings is 1. The molecule has 1 unspecified atom stereocenters. The minimum absolute atomic E-state index is 0.00981. The van der Waals surface area contributed by atoms with Crippen molar-refractivity contribution in [2.75, 3.05) is 13.1 Å². The largest absolute Gasteiger partial charge is 0.478 e. The van der Waals surface area contributed by atoms with Gasteiger partial charge in [-0.1, -0.05) is 58.5 Å². The standard InChI is InChI=1S/C23H24INO2/c1-14(2)25-11-10-20-21(16-5-7-17(8-6-16)22(26)27)18-12-15(3)4-9-19(18)23(20,24)13-25/h4-9,12,14H,10-11,13H2,1-3H3,(H,26,27). The van der Waals surface area contributed by atoms with Gasteiger partial charge in [-0.15, -0.1) is 0 Å². The topological polar surface area (TPSA) is 40.5 Å². The van der Waals surface area contributed by atoms with Crippen molar-refractivity contribution in [2.24, 2.45) is 0 Å². The Hall–Kier alpha value is -1.66. The first kappa shape index (κ1) is 18.7. The fourth-order valence-electron chi connectivity index (χ4n) is 4.40. The Labute approximate surface area is 174 Å². The van der Waals surface area contributed by atoms with E-state index in [1.165, 1.54) is 27.8 Å². The number of carboxylic acid groups (broad SMARTS) is 1. The fraction of sp³-hybridized carbons (Fsp3) is 0.348. The highest BCUT2D eigenvalue weighted by Gasteiger charge is 2.46. The van der Waals surface area contributed by atoms with Crippen molar-refractivity contribution < 1.29 is 9.90 Å². The summed E-state index contributed by atoms with van der Waals surface area (Å²) in [6.45, 7) is 8.77. The molecule has 1 heterocycles. The van der Waals surface area contributed by atoms with E-state index in [0.29, 0.717) is 11.6 Å². The molecule has 0 amide bonds. The van der Waals surface area contributed by atoms with Crippen LogP contribution in [0.5, 0.6) is 0 Å². The Morgan fingerprint density at radius 3 is 2.52 bits per heavy atom. The number of aryl methyl sites for hydroxylation is 1. The molecule has 0 radical (unpaired) electrons. The molecule has 0 bridgehead atoms. The first-order chi connectivity index (χ1) is 12.8. The van der Waals surface area contributed by atoms with Crippen LogP contribution in [-0.2, 0) is 3.42 Å². The number of carbonyl (C=O) groups is 1. The Bertz CT molecular complexity index is 945. The number of alkyl halides is 1. The lowest BCUT2D eigenvalue weighted by Crippen LogP contribution is -2.46. The summed E-state index contributed by atoms with van der Waals surface area (Å²) in [7, 11) is 0. The number of carboxylic acids is 1. The maximum Gasteiger partial charge on any atom is 0.335 e. The van der Waals surface area contributed by atoms with E-state index in [4.69, 9.17) is 0 Å². The van der Waals surface area contributed by atoms with Crippen LogP contribution in [0.3, 0.4) is 0 Å². The molecule has 3 nitrogen and oxygen atoms in total. The van der Waals surface area contributed by atoms with Crippen molar-refractivity contribution in [1.29, 1.82) is 0 Å². The number of aromatic carboxylic acids is 1. The van der Waals surface area contributed by atoms with Crippen LogP contribution in [0.1, 0.15) is 52.9 Å². The predicted octanol–water partition coefficient (Wildman–Crippen LogP) is 5.25. The van der Waals surface area contributed by atoms with E-state index < -0.39 is 5.97 Å². The summed E-state index contributed by atoms with van der Waals surface area (Å²) in [5.74, 6) is -0.879. The molecule has 2 aromatic carbocycles. The fourth-order valence-corrected chi connectivity index (χ4v) is 5.85. The van der Waals surface area contributed by atoms with Gasteiger partial charge in [-0.3, -0.25) is 4.90 Å². The molecule has 1 saturated heterocycles. The molecule has 4 rings (SSSR count). The number of fused-ring (bicyclic) bond motifs is 3. The van der Waals surface area contributed by atoms with Crippen LogP contribution >= 0.6 is 22.6 Å². The molecule has 1 N–H and O–H groups in total. The molecule has 4 heteroatoms. The van der Waals surface area contributed by atoms with Crippen molar-refractivity contribution >= 4 is 34.1 Å². The number of nitrogens with zero attached hydrogens (tertiary/aromatic N) is 1. The van der Waals surface area contributed by atoms with Crippen molar-refractivity contribution in [1.82, 2.24) is 4.90 Å². The van der Waals surface area contributed by atoms with Crippen molar-refractivity contribution in [3.05, 3.63) is 75.9 Å². The summed E-state index contributed by atoms with van der Waals surface area (Å²) in [4.78, 5) is 13.8. The zero-order valence-corrected chi connectivity index (χ0v) is 18.1. The lowest BCUT2D eigenvalue weighted by atomic mass is 9.88. The van der Waals surface area contributed by atoms with Crippen LogP contribution in [0.25, 0.3) is 5.57 Å². The van der Waals surface area contributed by atoms with Crippen LogP contribution < -0.4 is 0 Å². The molecule has 1 aliphatic carbocycles. The monoisotopic (exact) mass is 473 g/mol. The molecule has 1 aliphatic heterocycles. The number of likely N-dealkylation sites (tertiary alicyclic amines) is 1. The Morgan fingerprint density at radius 2 is 1.89 bits per heavy atom. The summed E-state index contributed by atoms with van der Waals surface area (Å²) >= 11 is 2.66. The third-order valence-electron chi connectivity index (χ3n) is 5.87. The van der Waals surface area contributed by atoms with Crippen LogP contribution in [0.4, 0.5) is 0 Å². The minimum atomic E-state index is -0.879. The maximum atomic E-state index is 11.2. The molecule has 2 aliphatic rings. The number of rotatable bonds is 3. The van der Waals surface area contributed by atoms with Gasteiger partial charge in [0.25, 0.3) is 0 Å². The van der Waals surface area contributed by atoms with E-state index in [0.717, 1.165) is 25.1 Å². The smallest absolute Gasteiger partial charge is 0.335 e. The van der Waals surface area contributed by atoms with Gasteiger partial charge in [0.2, 0.25) is 0 Å². The third kappa shape index (κ3) is 3.03. The average molecular weight is 473 g/mol. The van der Waals surface area contributed by atoms with E-state index >= 15 is 0 Å². The molecule has 140 valence electrons. The SMILES string of the molecule is Cc1ccc2c(c1)C(c1ccc(C(=O)O)cc1)=C1CCN(C(C)C)CC12I. The van der Waals surface area contributed by atoms with Gasteiger partial charge in [0.05, 0.1) is 8.99 Å². The molecule has 0 saturated carbocycles. The van der Waals surface area contributed by atoms with Crippen LogP contribution in [0.2, 0.25) is 0 Å². The van der Waals surface area contributed by atoms with Gasteiger partial charge in [-0.05, 0) is 67.2 Å². The van der Waals surface area contributed by atoms with Gasteiger partial charge in [-0.2, -0.15) is 0 Å². The second kappa shape index (κ2) is 6.74. The van der Waals surface area contributed by atoms with Gasteiger partial charge < -0.3 is 5.11 Å². The zero-order valence-electron chi connectivity index (χ0n) is 15.9. The Balaban J connectivity index is 1.89. The number of benzene rings is 2. The van der Waals surface area contributed by atoms with E-state index in [-0.39, 0.29) is 3.42 Å². The molecular weight excluding hydrogens is 449 g/mol. The lowest BCUT2D eigenvalue weighted by molar-refractivity contribution is 0.0697. The van der Waals surface area contributed by atoms with Gasteiger partial charge in [0.15, 0.2) is 0 Å². The van der Waals surface area contributed by atoms with Crippen molar-refractivity contribution in [2.45, 2.75) is 36.7 Å². The number of hydrogen-bond acceptors (Lipinski definition) is 2. The normalized spacial score (nSPS) is 22.1. The summed E-state index contributed by atoms with van der Waals surface area (Å²) < 4.78 is -0.00981. The summed E-state index contributed by atoms with van der Waals surface area (Å²) in [6, 6.07) is 14.7. The summed E-state index contributed by atoms with van der Waals surface area (Å²) in [6.07, 6.45) is 1.05. The predicted molar refractivity (Wildman–Crippen MR) is 118 cm³/mol. The highest BCUT2D eigenvalue weighted by Crippen LogP contribution is 2.56. The van der Waals surface area contributed by atoms with E-state index in [9.17, 15) is 9.90 Å². The molecule has 1 atom stereocenters. The van der Waals surface area contributed by atoms with Gasteiger partial charge in [0, 0.05) is 19.1 Å². The maximum absolute atomic E-state index is 11.2. The van der Waals surface area contributed by atoms with Crippen LogP contribution in [0.15, 0.2) is 48.0 Å². The summed E-state index contributed by atoms with van der Waals surface area (Å²) in [5, 5.41) is 9.23. The second-order valence-corrected chi connectivity index (χ2v) is 9.74. The quantitative estimate of drug-likeness (QED) is 0.489. The molecule has 0 aromatic heterocycles. The average Bonchev–Trinajstić information content (AvgIpc) is 2.88. The van der Waals surface area contributed by atoms with E-state index in [2.05, 4.69) is 66.5 Å². The minimum Gasteiger partial charge on any atom is -0.478 e. The Morgan fingerprint density at radius 1 is 1.19 bits per heavy atom. The molecule has 2 aromatic rings. The number of halogens is 1. The van der Waals surface area contributed by atoms with Crippen molar-refractivity contribution in [3.63, 3.8) is 0 Å². The van der Waals surface area contributed by atoms with E-state index in [1.54, 1.807) is 12.1 Å². The first-order valence-corrected chi connectivity index (χ1v) is 10.5. The highest BCUT2D eigenvalue weighted by atomic mass is 127. The first-order valence-electron chi connectivity index (χ1n) is 9.43. The van der Waals surface area contributed by atoms with Gasteiger partial charge in [0.1, 0.15) is 0 Å². The Kier molecular flexibility index (Phi) is 4.67. The second-order valence-electron chi connectivity index (χ2n) is 7.90. The van der Waals surface area contributed by atoms with Crippen LogP contribution in [0, 0.1) is 6.92 Å². The van der Waals surface area contributed by atoms with E-state index in [1.807, 2.05) is 12.1 Å². The summed E-state index contributed by atoms with van der Waals surface area (Å²) in [5.41, 5.74) is 8.22. The molecule has 27 heavy (non-hydrogen) atoms. The van der Waals surface area contributed by atoms with Gasteiger partial charge >= 0.3 is 5.97 Å². The highest BCUT2D eigenvalue weighted by molar-refractivity contribution is 14.1. The third-order valence-corrected chi connectivity index (χ3v) is 7.45. The molecular formula is C23H24INO2. The molecule has 0 spiro atoms. The lowest BCUT2D eigenvalue weighted by Gasteiger charge is -2.41. The van der Waals surface area contributed by atoms with Crippen LogP contribution in [-0.4, -0.2) is 35.1 Å². The number of hydrogen-bond donors (Lipinski definition) is 1. The van der Waals surface area contributed by atoms with Crippen molar-refractivity contribution in [3.8, 4) is 0 Å².